The maximum Gasteiger partial charge on any atom is 0.435 e. The smallest absolute Gasteiger partial charge is 0.358 e. The number of fused-ring (bicyclic) bond motifs is 2. The van der Waals surface area contributed by atoms with Crippen molar-refractivity contribution >= 4 is 22.2 Å². The molecule has 0 unspecified atom stereocenters. The molecule has 1 aliphatic heterocycles. The summed E-state index contributed by atoms with van der Waals surface area (Å²) < 4.78 is 42.7. The van der Waals surface area contributed by atoms with Crippen LogP contribution in [0.2, 0.25) is 0 Å². The van der Waals surface area contributed by atoms with E-state index < -0.39 is 17.4 Å². The number of rotatable bonds is 2. The Labute approximate surface area is 169 Å². The maximum absolute atomic E-state index is 14.0. The number of hydrogen-bond donors (Lipinski definition) is 1. The van der Waals surface area contributed by atoms with Gasteiger partial charge in [0.25, 0.3) is 5.56 Å². The normalized spacial score (nSPS) is 15.2. The summed E-state index contributed by atoms with van der Waals surface area (Å²) in [4.78, 5) is 17.8. The zero-order valence-electron chi connectivity index (χ0n) is 16.0. The molecular formula is C22H19F3N4O. The molecule has 5 nitrogen and oxygen atoms in total. The minimum absolute atomic E-state index is 0.0618. The number of H-pyrrole nitrogens is 1. The van der Waals surface area contributed by atoms with Crippen molar-refractivity contribution < 1.29 is 13.2 Å². The fourth-order valence-electron chi connectivity index (χ4n) is 4.23. The van der Waals surface area contributed by atoms with Gasteiger partial charge in [-0.25, -0.2) is 0 Å². The predicted octanol–water partition coefficient (Wildman–Crippen LogP) is 4.85. The van der Waals surface area contributed by atoms with E-state index in [2.05, 4.69) is 10.1 Å². The van der Waals surface area contributed by atoms with E-state index >= 15 is 0 Å². The lowest BCUT2D eigenvalue weighted by molar-refractivity contribution is -0.140. The van der Waals surface area contributed by atoms with Crippen molar-refractivity contribution in [2.24, 2.45) is 0 Å². The van der Waals surface area contributed by atoms with E-state index in [9.17, 15) is 18.0 Å². The van der Waals surface area contributed by atoms with Crippen molar-refractivity contribution in [2.75, 3.05) is 18.0 Å². The third-order valence-corrected chi connectivity index (χ3v) is 5.63. The quantitative estimate of drug-likeness (QED) is 0.512. The standard InChI is InChI=1S/C22H19F3N4O/c23-22(24,25)20-19(16-10-6-8-14-7-2-3-9-15(14)16)21-26-17(13-18(30)29(21)27-20)28-11-4-1-5-12-28/h2-3,6-10,13,26H,1,4-5,11-12H2. The molecule has 0 saturated carbocycles. The fourth-order valence-corrected chi connectivity index (χ4v) is 4.23. The first-order valence-corrected chi connectivity index (χ1v) is 9.90. The van der Waals surface area contributed by atoms with Crippen LogP contribution < -0.4 is 10.5 Å². The van der Waals surface area contributed by atoms with Gasteiger partial charge in [-0.1, -0.05) is 42.5 Å². The molecule has 3 heterocycles. The number of anilines is 1. The van der Waals surface area contributed by atoms with Gasteiger partial charge >= 0.3 is 6.18 Å². The molecule has 4 aromatic rings. The van der Waals surface area contributed by atoms with E-state index in [0.717, 1.165) is 42.3 Å². The predicted molar refractivity (Wildman–Crippen MR) is 110 cm³/mol. The third kappa shape index (κ3) is 3.03. The number of hydrogen-bond acceptors (Lipinski definition) is 3. The molecule has 1 fully saturated rings. The van der Waals surface area contributed by atoms with Crippen LogP contribution in [-0.2, 0) is 6.18 Å². The van der Waals surface area contributed by atoms with E-state index in [1.165, 1.54) is 6.07 Å². The van der Waals surface area contributed by atoms with Crippen LogP contribution in [0.25, 0.3) is 27.5 Å². The van der Waals surface area contributed by atoms with E-state index in [-0.39, 0.29) is 11.2 Å². The summed E-state index contributed by atoms with van der Waals surface area (Å²) in [7, 11) is 0. The Morgan fingerprint density at radius 1 is 0.967 bits per heavy atom. The molecule has 1 aliphatic rings. The number of aromatic nitrogens is 3. The molecule has 0 amide bonds. The van der Waals surface area contributed by atoms with Gasteiger partial charge in [-0.3, -0.25) is 4.79 Å². The Bertz CT molecular complexity index is 1290. The summed E-state index contributed by atoms with van der Waals surface area (Å²) in [5, 5.41) is 5.17. The average Bonchev–Trinajstić information content (AvgIpc) is 3.14. The second kappa shape index (κ2) is 6.90. The molecule has 154 valence electrons. The molecule has 0 spiro atoms. The van der Waals surface area contributed by atoms with E-state index in [1.54, 1.807) is 24.3 Å². The van der Waals surface area contributed by atoms with Gasteiger partial charge in [0, 0.05) is 19.2 Å². The highest BCUT2D eigenvalue weighted by Gasteiger charge is 2.39. The summed E-state index contributed by atoms with van der Waals surface area (Å²) in [6.45, 7) is 1.52. The molecule has 8 heteroatoms. The van der Waals surface area contributed by atoms with Gasteiger partial charge in [0.1, 0.15) is 11.5 Å². The van der Waals surface area contributed by atoms with Crippen molar-refractivity contribution in [1.82, 2.24) is 14.6 Å². The van der Waals surface area contributed by atoms with Crippen molar-refractivity contribution in [2.45, 2.75) is 25.4 Å². The Morgan fingerprint density at radius 2 is 1.70 bits per heavy atom. The van der Waals surface area contributed by atoms with Crippen molar-refractivity contribution in [3.8, 4) is 11.1 Å². The van der Waals surface area contributed by atoms with Crippen molar-refractivity contribution in [3.63, 3.8) is 0 Å². The molecule has 5 rings (SSSR count). The maximum atomic E-state index is 14.0. The zero-order valence-corrected chi connectivity index (χ0v) is 16.0. The molecule has 2 aromatic carbocycles. The van der Waals surface area contributed by atoms with Crippen molar-refractivity contribution in [3.05, 3.63) is 64.6 Å². The molecule has 1 saturated heterocycles. The molecule has 30 heavy (non-hydrogen) atoms. The Morgan fingerprint density at radius 3 is 2.47 bits per heavy atom. The van der Waals surface area contributed by atoms with Gasteiger partial charge in [0.2, 0.25) is 0 Å². The Balaban J connectivity index is 1.84. The summed E-state index contributed by atoms with van der Waals surface area (Å²) >= 11 is 0. The lowest BCUT2D eigenvalue weighted by Crippen LogP contribution is -2.31. The first kappa shape index (κ1) is 18.7. The monoisotopic (exact) mass is 412 g/mol. The van der Waals surface area contributed by atoms with Crippen LogP contribution in [0, 0.1) is 0 Å². The Kier molecular flexibility index (Phi) is 4.30. The lowest BCUT2D eigenvalue weighted by atomic mass is 9.98. The van der Waals surface area contributed by atoms with Crippen LogP contribution in [0.3, 0.4) is 0 Å². The highest BCUT2D eigenvalue weighted by atomic mass is 19.4. The van der Waals surface area contributed by atoms with Gasteiger partial charge in [0.15, 0.2) is 5.69 Å². The van der Waals surface area contributed by atoms with Gasteiger partial charge in [0.05, 0.1) is 5.56 Å². The number of benzene rings is 2. The first-order valence-electron chi connectivity index (χ1n) is 9.90. The van der Waals surface area contributed by atoms with Gasteiger partial charge < -0.3 is 9.88 Å². The molecule has 0 atom stereocenters. The molecule has 0 aliphatic carbocycles. The summed E-state index contributed by atoms with van der Waals surface area (Å²) in [5.41, 5.74) is -1.30. The fraction of sp³-hybridized carbons (Fsp3) is 0.273. The second-order valence-corrected chi connectivity index (χ2v) is 7.55. The minimum atomic E-state index is -4.70. The molecule has 2 aromatic heterocycles. The van der Waals surface area contributed by atoms with Gasteiger partial charge in [-0.05, 0) is 35.6 Å². The minimum Gasteiger partial charge on any atom is -0.358 e. The lowest BCUT2D eigenvalue weighted by Gasteiger charge is -2.28. The average molecular weight is 412 g/mol. The SMILES string of the molecule is O=c1cc(N2CCCCC2)[nH]c2c(-c3cccc4ccccc34)c(C(F)(F)F)nn12. The number of nitrogens with zero attached hydrogens (tertiary/aromatic N) is 3. The molecule has 1 N–H and O–H groups in total. The number of halogens is 3. The van der Waals surface area contributed by atoms with Crippen LogP contribution in [0.1, 0.15) is 25.0 Å². The number of piperidine rings is 1. The zero-order chi connectivity index (χ0) is 20.9. The topological polar surface area (TPSA) is 53.4 Å². The van der Waals surface area contributed by atoms with Crippen molar-refractivity contribution in [1.29, 1.82) is 0 Å². The molecular weight excluding hydrogens is 393 g/mol. The van der Waals surface area contributed by atoms with Crippen LogP contribution in [0.15, 0.2) is 53.3 Å². The van der Waals surface area contributed by atoms with E-state index in [1.807, 2.05) is 23.1 Å². The van der Waals surface area contributed by atoms with E-state index in [4.69, 9.17) is 0 Å². The van der Waals surface area contributed by atoms with E-state index in [0.29, 0.717) is 16.8 Å². The Hall–Kier alpha value is -3.29. The summed E-state index contributed by atoms with van der Waals surface area (Å²) in [6.07, 6.45) is -1.63. The number of nitrogens with one attached hydrogen (secondary N) is 1. The third-order valence-electron chi connectivity index (χ3n) is 5.63. The van der Waals surface area contributed by atoms with Crippen LogP contribution >= 0.6 is 0 Å². The van der Waals surface area contributed by atoms with Crippen LogP contribution in [0.4, 0.5) is 19.0 Å². The van der Waals surface area contributed by atoms with Crippen LogP contribution in [0.5, 0.6) is 0 Å². The highest BCUT2D eigenvalue weighted by Crippen LogP contribution is 2.40. The second-order valence-electron chi connectivity index (χ2n) is 7.55. The largest absolute Gasteiger partial charge is 0.435 e. The first-order chi connectivity index (χ1) is 14.4. The molecule has 0 radical (unpaired) electrons. The number of alkyl halides is 3. The summed E-state index contributed by atoms with van der Waals surface area (Å²) in [6, 6.07) is 13.8. The van der Waals surface area contributed by atoms with Crippen LogP contribution in [-0.4, -0.2) is 27.7 Å². The van der Waals surface area contributed by atoms with Gasteiger partial charge in [-0.2, -0.15) is 22.8 Å². The van der Waals surface area contributed by atoms with Gasteiger partial charge in [-0.15, -0.1) is 0 Å². The highest BCUT2D eigenvalue weighted by molar-refractivity contribution is 6.00. The summed E-state index contributed by atoms with van der Waals surface area (Å²) in [5.74, 6) is 0.530. The number of aromatic amines is 1. The molecule has 0 bridgehead atoms.